The third-order valence-corrected chi connectivity index (χ3v) is 3.30. The van der Waals surface area contributed by atoms with E-state index in [1.165, 1.54) is 0 Å². The monoisotopic (exact) mass is 340 g/mol. The lowest BCUT2D eigenvalue weighted by Crippen LogP contribution is -2.02. The molecule has 2 rings (SSSR count). The third kappa shape index (κ3) is 4.18. The molecule has 0 aliphatic heterocycles. The van der Waals surface area contributed by atoms with E-state index in [1.54, 1.807) is 6.07 Å². The molecule has 0 spiro atoms. The number of aryl methyl sites for hydroxylation is 1. The first kappa shape index (κ1) is 14.3. The number of hydrogen-bond acceptors (Lipinski definition) is 3. The highest BCUT2D eigenvalue weighted by Gasteiger charge is 2.05. The summed E-state index contributed by atoms with van der Waals surface area (Å²) in [5.41, 5.74) is 0.941. The van der Waals surface area contributed by atoms with Gasteiger partial charge in [0.1, 0.15) is 17.0 Å². The number of nitrogens with zero attached hydrogens (tertiary/aromatic N) is 2. The zero-order valence-electron chi connectivity index (χ0n) is 10.6. The van der Waals surface area contributed by atoms with Crippen LogP contribution in [0.15, 0.2) is 34.9 Å². The summed E-state index contributed by atoms with van der Waals surface area (Å²) in [6.45, 7) is 2.49. The van der Waals surface area contributed by atoms with Gasteiger partial charge in [-0.2, -0.15) is 4.98 Å². The topological polar surface area (TPSA) is 35.0 Å². The van der Waals surface area contributed by atoms with Crippen LogP contribution in [0.25, 0.3) is 0 Å². The summed E-state index contributed by atoms with van der Waals surface area (Å²) in [5.74, 6) is 1.34. The molecule has 0 saturated carbocycles. The number of rotatable bonds is 5. The number of benzene rings is 1. The zero-order chi connectivity index (χ0) is 13.7. The summed E-state index contributed by atoms with van der Waals surface area (Å²) in [7, 11) is 0. The van der Waals surface area contributed by atoms with Crippen molar-refractivity contribution in [3.63, 3.8) is 0 Å². The van der Waals surface area contributed by atoms with E-state index in [9.17, 15) is 0 Å². The highest BCUT2D eigenvalue weighted by molar-refractivity contribution is 9.10. The molecule has 0 atom stereocenters. The first-order chi connectivity index (χ1) is 9.19. The van der Waals surface area contributed by atoms with Gasteiger partial charge in [-0.15, -0.1) is 0 Å². The van der Waals surface area contributed by atoms with Gasteiger partial charge in [0.2, 0.25) is 5.88 Å². The van der Waals surface area contributed by atoms with Gasteiger partial charge in [0.05, 0.1) is 0 Å². The number of hydrogen-bond donors (Lipinski definition) is 0. The predicted molar refractivity (Wildman–Crippen MR) is 79.5 cm³/mol. The first-order valence-corrected chi connectivity index (χ1v) is 7.26. The Labute approximate surface area is 126 Å². The van der Waals surface area contributed by atoms with Crippen LogP contribution in [0.4, 0.5) is 0 Å². The van der Waals surface area contributed by atoms with Crippen LogP contribution in [0.3, 0.4) is 0 Å². The Morgan fingerprint density at radius 3 is 2.79 bits per heavy atom. The minimum Gasteiger partial charge on any atom is -0.473 e. The summed E-state index contributed by atoms with van der Waals surface area (Å²) in [5, 5.41) is 0.699. The van der Waals surface area contributed by atoms with Gasteiger partial charge in [-0.05, 0) is 28.4 Å². The molecule has 0 aliphatic carbocycles. The van der Waals surface area contributed by atoms with E-state index in [-0.39, 0.29) is 0 Å². The normalized spacial score (nSPS) is 10.5. The van der Waals surface area contributed by atoms with Crippen LogP contribution in [0, 0.1) is 0 Å². The van der Waals surface area contributed by atoms with E-state index in [0.717, 1.165) is 28.8 Å². The molecule has 0 N–H and O–H groups in total. The van der Waals surface area contributed by atoms with Gasteiger partial charge in [0.25, 0.3) is 0 Å². The lowest BCUT2D eigenvalue weighted by molar-refractivity contribution is 0.292. The fourth-order valence-electron chi connectivity index (χ4n) is 1.62. The van der Waals surface area contributed by atoms with Gasteiger partial charge in [0, 0.05) is 23.1 Å². The molecular weight excluding hydrogens is 328 g/mol. The van der Waals surface area contributed by atoms with Crippen molar-refractivity contribution in [1.29, 1.82) is 0 Å². The van der Waals surface area contributed by atoms with Crippen LogP contribution in [0.5, 0.6) is 5.88 Å². The molecule has 0 saturated heterocycles. The fraction of sp³-hybridized carbons (Fsp3) is 0.286. The molecule has 19 heavy (non-hydrogen) atoms. The maximum atomic E-state index is 6.08. The number of aromatic nitrogens is 2. The second-order valence-corrected chi connectivity index (χ2v) is 5.29. The van der Waals surface area contributed by atoms with Crippen LogP contribution >= 0.6 is 27.5 Å². The molecule has 3 nitrogen and oxygen atoms in total. The summed E-state index contributed by atoms with van der Waals surface area (Å²) in [6.07, 6.45) is 1.84. The summed E-state index contributed by atoms with van der Waals surface area (Å²) in [6, 6.07) is 9.37. The quantitative estimate of drug-likeness (QED) is 0.755. The van der Waals surface area contributed by atoms with Crippen molar-refractivity contribution in [2.75, 3.05) is 0 Å². The van der Waals surface area contributed by atoms with Crippen LogP contribution < -0.4 is 4.74 Å². The Balaban J connectivity index is 2.09. The van der Waals surface area contributed by atoms with E-state index in [4.69, 9.17) is 16.3 Å². The van der Waals surface area contributed by atoms with Gasteiger partial charge in [-0.25, -0.2) is 4.98 Å². The summed E-state index contributed by atoms with van der Waals surface area (Å²) in [4.78, 5) is 8.66. The fourth-order valence-corrected chi connectivity index (χ4v) is 2.21. The minimum absolute atomic E-state index is 0.398. The molecule has 0 radical (unpaired) electrons. The van der Waals surface area contributed by atoms with Gasteiger partial charge in [-0.3, -0.25) is 0 Å². The Bertz CT molecular complexity index is 563. The average Bonchev–Trinajstić information content (AvgIpc) is 2.37. The number of ether oxygens (including phenoxy) is 1. The Kier molecular flexibility index (Phi) is 5.16. The Morgan fingerprint density at radius 2 is 2.05 bits per heavy atom. The largest absolute Gasteiger partial charge is 0.473 e. The molecule has 0 amide bonds. The van der Waals surface area contributed by atoms with Crippen molar-refractivity contribution in [2.24, 2.45) is 0 Å². The maximum absolute atomic E-state index is 6.08. The Hall–Kier alpha value is -1.13. The second kappa shape index (κ2) is 6.87. The third-order valence-electron chi connectivity index (χ3n) is 2.52. The molecule has 1 aromatic carbocycles. The van der Waals surface area contributed by atoms with Gasteiger partial charge < -0.3 is 4.74 Å². The number of halogens is 2. The summed E-state index contributed by atoms with van der Waals surface area (Å²) >= 11 is 9.45. The van der Waals surface area contributed by atoms with Gasteiger partial charge >= 0.3 is 0 Å². The molecular formula is C14H14BrClN2O. The first-order valence-electron chi connectivity index (χ1n) is 6.08. The van der Waals surface area contributed by atoms with Crippen LogP contribution in [0.1, 0.15) is 24.7 Å². The van der Waals surface area contributed by atoms with Gasteiger partial charge in [-0.1, -0.05) is 36.7 Å². The zero-order valence-corrected chi connectivity index (χ0v) is 12.9. The highest BCUT2D eigenvalue weighted by Crippen LogP contribution is 2.19. The predicted octanol–water partition coefficient (Wildman–Crippen LogP) is 4.42. The van der Waals surface area contributed by atoms with Crippen molar-refractivity contribution in [3.05, 3.63) is 51.3 Å². The van der Waals surface area contributed by atoms with Crippen molar-refractivity contribution in [3.8, 4) is 5.88 Å². The lowest BCUT2D eigenvalue weighted by Gasteiger charge is -2.08. The molecule has 5 heteroatoms. The van der Waals surface area contributed by atoms with E-state index in [0.29, 0.717) is 17.5 Å². The molecule has 0 aliphatic rings. The molecule has 0 bridgehead atoms. The van der Waals surface area contributed by atoms with Crippen LogP contribution in [-0.4, -0.2) is 9.97 Å². The SMILES string of the molecule is CCCc1nc(Br)cc(OCc2ccccc2Cl)n1. The minimum atomic E-state index is 0.398. The highest BCUT2D eigenvalue weighted by atomic mass is 79.9. The smallest absolute Gasteiger partial charge is 0.218 e. The van der Waals surface area contributed by atoms with Gasteiger partial charge in [0.15, 0.2) is 0 Å². The van der Waals surface area contributed by atoms with Crippen molar-refractivity contribution < 1.29 is 4.74 Å². The molecule has 100 valence electrons. The van der Waals surface area contributed by atoms with E-state index in [1.807, 2.05) is 24.3 Å². The van der Waals surface area contributed by atoms with Crippen molar-refractivity contribution in [1.82, 2.24) is 9.97 Å². The molecule has 1 aromatic heterocycles. The van der Waals surface area contributed by atoms with Crippen molar-refractivity contribution >= 4 is 27.5 Å². The van der Waals surface area contributed by atoms with Crippen molar-refractivity contribution in [2.45, 2.75) is 26.4 Å². The van der Waals surface area contributed by atoms with E-state index >= 15 is 0 Å². The standard InChI is InChI=1S/C14H14BrClN2O/c1-2-5-13-17-12(15)8-14(18-13)19-9-10-6-3-4-7-11(10)16/h3-4,6-8H,2,5,9H2,1H3. The molecule has 1 heterocycles. The summed E-state index contributed by atoms with van der Waals surface area (Å²) < 4.78 is 6.41. The average molecular weight is 342 g/mol. The van der Waals surface area contributed by atoms with E-state index < -0.39 is 0 Å². The lowest BCUT2D eigenvalue weighted by atomic mass is 10.2. The molecule has 0 fully saturated rings. The second-order valence-electron chi connectivity index (χ2n) is 4.08. The molecule has 0 unspecified atom stereocenters. The van der Waals surface area contributed by atoms with Crippen LogP contribution in [-0.2, 0) is 13.0 Å². The Morgan fingerprint density at radius 1 is 1.26 bits per heavy atom. The van der Waals surface area contributed by atoms with E-state index in [2.05, 4.69) is 32.8 Å². The maximum Gasteiger partial charge on any atom is 0.218 e. The van der Waals surface area contributed by atoms with Crippen LogP contribution in [0.2, 0.25) is 5.02 Å². The molecule has 2 aromatic rings.